The van der Waals surface area contributed by atoms with Crippen molar-refractivity contribution in [3.8, 4) is 0 Å². The summed E-state index contributed by atoms with van der Waals surface area (Å²) in [6.07, 6.45) is 1.56. The lowest BCUT2D eigenvalue weighted by atomic mass is 10.00. The zero-order valence-corrected chi connectivity index (χ0v) is 8.84. The van der Waals surface area contributed by atoms with Crippen LogP contribution in [0.5, 0.6) is 0 Å². The number of benzene rings is 1. The molecule has 0 fully saturated rings. The van der Waals surface area contributed by atoms with Crippen molar-refractivity contribution in [2.45, 2.75) is 19.4 Å². The van der Waals surface area contributed by atoms with Gasteiger partial charge < -0.3 is 10.1 Å². The highest BCUT2D eigenvalue weighted by atomic mass is 16.6. The standard InChI is InChI=1S/C11H12N2O3/c1-7(6-14)11-5-8-4-9(13(15)16)2-3-10(8)12-11/h2-4,6-7,11-12H,5H2,1H3. The third-order valence-corrected chi connectivity index (χ3v) is 2.93. The van der Waals surface area contributed by atoms with Gasteiger partial charge in [0.15, 0.2) is 0 Å². The smallest absolute Gasteiger partial charge is 0.269 e. The maximum absolute atomic E-state index is 10.7. The largest absolute Gasteiger partial charge is 0.381 e. The molecule has 2 unspecified atom stereocenters. The van der Waals surface area contributed by atoms with Crippen LogP contribution in [0.4, 0.5) is 11.4 Å². The summed E-state index contributed by atoms with van der Waals surface area (Å²) in [5, 5.41) is 13.8. The van der Waals surface area contributed by atoms with Crippen molar-refractivity contribution in [3.63, 3.8) is 0 Å². The molecule has 0 aromatic heterocycles. The summed E-state index contributed by atoms with van der Waals surface area (Å²) in [5.41, 5.74) is 1.90. The lowest BCUT2D eigenvalue weighted by molar-refractivity contribution is -0.384. The Bertz CT molecular complexity index is 445. The molecule has 0 radical (unpaired) electrons. The van der Waals surface area contributed by atoms with Crippen molar-refractivity contribution in [2.75, 3.05) is 5.32 Å². The molecular formula is C11H12N2O3. The predicted molar refractivity (Wildman–Crippen MR) is 59.4 cm³/mol. The maximum atomic E-state index is 10.7. The highest BCUT2D eigenvalue weighted by molar-refractivity contribution is 5.64. The van der Waals surface area contributed by atoms with Gasteiger partial charge in [0.1, 0.15) is 6.29 Å². The van der Waals surface area contributed by atoms with Crippen molar-refractivity contribution in [3.05, 3.63) is 33.9 Å². The molecule has 5 heteroatoms. The molecule has 1 aromatic rings. The van der Waals surface area contributed by atoms with Crippen molar-refractivity contribution >= 4 is 17.7 Å². The topological polar surface area (TPSA) is 72.2 Å². The molecule has 84 valence electrons. The van der Waals surface area contributed by atoms with Crippen LogP contribution in [-0.2, 0) is 11.2 Å². The first-order valence-corrected chi connectivity index (χ1v) is 5.11. The number of nitrogens with zero attached hydrogens (tertiary/aromatic N) is 1. The Morgan fingerprint density at radius 1 is 1.62 bits per heavy atom. The fourth-order valence-corrected chi connectivity index (χ4v) is 1.90. The molecule has 0 saturated heterocycles. The van der Waals surface area contributed by atoms with Gasteiger partial charge in [0, 0.05) is 29.8 Å². The molecule has 2 atom stereocenters. The second-order valence-electron chi connectivity index (χ2n) is 4.05. The minimum Gasteiger partial charge on any atom is -0.381 e. The molecule has 16 heavy (non-hydrogen) atoms. The Morgan fingerprint density at radius 3 is 3.00 bits per heavy atom. The van der Waals surface area contributed by atoms with Crippen LogP contribution >= 0.6 is 0 Å². The maximum Gasteiger partial charge on any atom is 0.269 e. The number of carbonyl (C=O) groups is 1. The van der Waals surface area contributed by atoms with Gasteiger partial charge in [0.25, 0.3) is 5.69 Å². The molecule has 1 aliphatic rings. The average Bonchev–Trinajstić information content (AvgIpc) is 2.70. The van der Waals surface area contributed by atoms with Crippen molar-refractivity contribution in [1.82, 2.24) is 0 Å². The molecule has 0 saturated carbocycles. The van der Waals surface area contributed by atoms with Crippen LogP contribution in [0.15, 0.2) is 18.2 Å². The Kier molecular flexibility index (Phi) is 2.60. The van der Waals surface area contributed by atoms with E-state index in [9.17, 15) is 14.9 Å². The van der Waals surface area contributed by atoms with Crippen molar-refractivity contribution in [1.29, 1.82) is 0 Å². The van der Waals surface area contributed by atoms with E-state index < -0.39 is 4.92 Å². The van der Waals surface area contributed by atoms with E-state index in [1.165, 1.54) is 6.07 Å². The van der Waals surface area contributed by atoms with E-state index in [1.54, 1.807) is 12.1 Å². The minimum absolute atomic E-state index is 0.0505. The van der Waals surface area contributed by atoms with E-state index in [0.29, 0.717) is 6.42 Å². The molecule has 0 spiro atoms. The van der Waals surface area contributed by atoms with E-state index in [1.807, 2.05) is 6.92 Å². The first-order valence-electron chi connectivity index (χ1n) is 5.11. The third-order valence-electron chi connectivity index (χ3n) is 2.93. The number of anilines is 1. The van der Waals surface area contributed by atoms with Crippen molar-refractivity contribution in [2.24, 2.45) is 5.92 Å². The van der Waals surface area contributed by atoms with Crippen LogP contribution in [-0.4, -0.2) is 17.3 Å². The third kappa shape index (κ3) is 1.76. The second kappa shape index (κ2) is 3.92. The Hall–Kier alpha value is -1.91. The summed E-state index contributed by atoms with van der Waals surface area (Å²) in [7, 11) is 0. The fraction of sp³-hybridized carbons (Fsp3) is 0.364. The van der Waals surface area contributed by atoms with Gasteiger partial charge in [-0.15, -0.1) is 0 Å². The van der Waals surface area contributed by atoms with Crippen LogP contribution in [0.2, 0.25) is 0 Å². The van der Waals surface area contributed by atoms with Crippen LogP contribution in [0.25, 0.3) is 0 Å². The van der Waals surface area contributed by atoms with Crippen LogP contribution < -0.4 is 5.32 Å². The summed E-state index contributed by atoms with van der Waals surface area (Å²) < 4.78 is 0. The zero-order chi connectivity index (χ0) is 11.7. The molecule has 0 bridgehead atoms. The summed E-state index contributed by atoms with van der Waals surface area (Å²) >= 11 is 0. The number of aldehydes is 1. The molecule has 5 nitrogen and oxygen atoms in total. The highest BCUT2D eigenvalue weighted by Gasteiger charge is 2.26. The minimum atomic E-state index is -0.406. The number of carbonyl (C=O) groups excluding carboxylic acids is 1. The first kappa shape index (κ1) is 10.6. The molecule has 0 aliphatic carbocycles. The van der Waals surface area contributed by atoms with E-state index in [2.05, 4.69) is 5.32 Å². The van der Waals surface area contributed by atoms with Gasteiger partial charge in [-0.05, 0) is 18.1 Å². The summed E-state index contributed by atoms with van der Waals surface area (Å²) in [5.74, 6) is -0.0912. The van der Waals surface area contributed by atoms with E-state index in [0.717, 1.165) is 17.5 Å². The number of non-ortho nitro benzene ring substituents is 1. The highest BCUT2D eigenvalue weighted by Crippen LogP contribution is 2.31. The quantitative estimate of drug-likeness (QED) is 0.478. The molecule has 2 rings (SSSR count). The number of fused-ring (bicyclic) bond motifs is 1. The predicted octanol–water partition coefficient (Wildman–Crippen LogP) is 1.77. The number of nitro benzene ring substituents is 1. The van der Waals surface area contributed by atoms with Crippen LogP contribution in [0.3, 0.4) is 0 Å². The summed E-state index contributed by atoms with van der Waals surface area (Å²) in [6, 6.07) is 4.79. The molecule has 1 N–H and O–H groups in total. The Labute approximate surface area is 92.6 Å². The SMILES string of the molecule is CC(C=O)C1Cc2cc([N+](=O)[O-])ccc2N1. The number of nitrogens with one attached hydrogen (secondary N) is 1. The second-order valence-corrected chi connectivity index (χ2v) is 4.05. The van der Waals surface area contributed by atoms with Gasteiger partial charge in [-0.2, -0.15) is 0 Å². The molecule has 1 aromatic carbocycles. The van der Waals surface area contributed by atoms with E-state index >= 15 is 0 Å². The number of nitro groups is 1. The number of rotatable bonds is 3. The van der Waals surface area contributed by atoms with Gasteiger partial charge >= 0.3 is 0 Å². The fourth-order valence-electron chi connectivity index (χ4n) is 1.90. The molecule has 1 heterocycles. The lowest BCUT2D eigenvalue weighted by Gasteiger charge is -2.13. The van der Waals surface area contributed by atoms with Gasteiger partial charge in [0.2, 0.25) is 0 Å². The van der Waals surface area contributed by atoms with Crippen molar-refractivity contribution < 1.29 is 9.72 Å². The van der Waals surface area contributed by atoms with Gasteiger partial charge in [0.05, 0.1) is 4.92 Å². The van der Waals surface area contributed by atoms with Gasteiger partial charge in [-0.3, -0.25) is 10.1 Å². The monoisotopic (exact) mass is 220 g/mol. The Balaban J connectivity index is 2.24. The van der Waals surface area contributed by atoms with E-state index in [-0.39, 0.29) is 17.6 Å². The normalized spacial score (nSPS) is 19.7. The lowest BCUT2D eigenvalue weighted by Crippen LogP contribution is -2.25. The number of hydrogen-bond donors (Lipinski definition) is 1. The Morgan fingerprint density at radius 2 is 2.38 bits per heavy atom. The number of hydrogen-bond acceptors (Lipinski definition) is 4. The van der Waals surface area contributed by atoms with Crippen LogP contribution in [0, 0.1) is 16.0 Å². The van der Waals surface area contributed by atoms with Gasteiger partial charge in [-0.1, -0.05) is 6.92 Å². The molecule has 1 aliphatic heterocycles. The zero-order valence-electron chi connectivity index (χ0n) is 8.84. The molecule has 0 amide bonds. The first-order chi connectivity index (χ1) is 7.61. The summed E-state index contributed by atoms with van der Waals surface area (Å²) in [6.45, 7) is 1.84. The summed E-state index contributed by atoms with van der Waals surface area (Å²) in [4.78, 5) is 20.9. The van der Waals surface area contributed by atoms with Crippen LogP contribution in [0.1, 0.15) is 12.5 Å². The van der Waals surface area contributed by atoms with E-state index in [4.69, 9.17) is 0 Å². The molecular weight excluding hydrogens is 208 g/mol. The van der Waals surface area contributed by atoms with Gasteiger partial charge in [-0.25, -0.2) is 0 Å². The average molecular weight is 220 g/mol.